The summed E-state index contributed by atoms with van der Waals surface area (Å²) in [5.74, 6) is -0.140. The summed E-state index contributed by atoms with van der Waals surface area (Å²) < 4.78 is 27.6. The predicted octanol–water partition coefficient (Wildman–Crippen LogP) is 2.87. The van der Waals surface area contributed by atoms with E-state index in [4.69, 9.17) is 0 Å². The number of aldehydes is 1. The first-order valence-corrected chi connectivity index (χ1v) is 10.6. The molecule has 0 aliphatic carbocycles. The Kier molecular flexibility index (Phi) is 5.08. The van der Waals surface area contributed by atoms with Gasteiger partial charge >= 0.3 is 10.2 Å². The molecule has 0 spiro atoms. The molecule has 1 saturated heterocycles. The molecule has 7 heteroatoms. The van der Waals surface area contributed by atoms with Crippen LogP contribution in [0.15, 0.2) is 72.8 Å². The van der Waals surface area contributed by atoms with E-state index in [9.17, 15) is 18.3 Å². The molecule has 1 unspecified atom stereocenters. The van der Waals surface area contributed by atoms with E-state index in [1.54, 1.807) is 18.2 Å². The van der Waals surface area contributed by atoms with E-state index >= 15 is 0 Å². The van der Waals surface area contributed by atoms with Gasteiger partial charge in [0.1, 0.15) is 12.0 Å². The number of benzene rings is 3. The standard InChI is InChI=1S/C22H20N2O4S/c25-15-20-14-24(29(27,28)23-20)21-10-9-17(13-22(21)26)11-16-5-4-8-19(12-16)18-6-2-1-3-7-18/h1-10,12-13,15,20,23,26H,11,14H2. The van der Waals surface area contributed by atoms with E-state index in [0.717, 1.165) is 26.6 Å². The minimum Gasteiger partial charge on any atom is -0.506 e. The second kappa shape index (κ2) is 7.69. The van der Waals surface area contributed by atoms with Gasteiger partial charge in [-0.25, -0.2) is 0 Å². The fraction of sp³-hybridized carbons (Fsp3) is 0.136. The number of nitrogens with one attached hydrogen (secondary N) is 1. The first-order chi connectivity index (χ1) is 14.0. The zero-order chi connectivity index (χ0) is 20.4. The second-order valence-corrected chi connectivity index (χ2v) is 8.59. The van der Waals surface area contributed by atoms with Crippen LogP contribution < -0.4 is 9.03 Å². The van der Waals surface area contributed by atoms with Gasteiger partial charge in [0.05, 0.1) is 18.3 Å². The number of carbonyl (C=O) groups is 1. The molecular formula is C22H20N2O4S. The molecule has 148 valence electrons. The Morgan fingerprint density at radius 2 is 1.69 bits per heavy atom. The summed E-state index contributed by atoms with van der Waals surface area (Å²) in [5.41, 5.74) is 4.33. The van der Waals surface area contributed by atoms with Crippen LogP contribution in [0.2, 0.25) is 0 Å². The predicted molar refractivity (Wildman–Crippen MR) is 112 cm³/mol. The van der Waals surface area contributed by atoms with Crippen molar-refractivity contribution in [2.45, 2.75) is 12.5 Å². The summed E-state index contributed by atoms with van der Waals surface area (Å²) in [6.45, 7) is -0.0438. The van der Waals surface area contributed by atoms with Gasteiger partial charge in [-0.05, 0) is 40.8 Å². The van der Waals surface area contributed by atoms with Crippen LogP contribution >= 0.6 is 0 Å². The molecule has 0 radical (unpaired) electrons. The highest BCUT2D eigenvalue weighted by Gasteiger charge is 2.36. The van der Waals surface area contributed by atoms with Gasteiger partial charge in [0.2, 0.25) is 0 Å². The highest BCUT2D eigenvalue weighted by atomic mass is 32.2. The summed E-state index contributed by atoms with van der Waals surface area (Å²) in [4.78, 5) is 10.9. The van der Waals surface area contributed by atoms with Gasteiger partial charge in [0, 0.05) is 0 Å². The molecule has 1 atom stereocenters. The lowest BCUT2D eigenvalue weighted by molar-refractivity contribution is -0.108. The maximum atomic E-state index is 12.2. The Bertz CT molecular complexity index is 1150. The molecule has 0 saturated carbocycles. The second-order valence-electron chi connectivity index (χ2n) is 6.96. The van der Waals surface area contributed by atoms with Crippen LogP contribution in [0, 0.1) is 0 Å². The lowest BCUT2D eigenvalue weighted by Gasteiger charge is -2.18. The molecule has 1 fully saturated rings. The van der Waals surface area contributed by atoms with Crippen molar-refractivity contribution in [2.24, 2.45) is 0 Å². The fourth-order valence-electron chi connectivity index (χ4n) is 3.48. The van der Waals surface area contributed by atoms with Crippen LogP contribution in [0.1, 0.15) is 11.1 Å². The number of anilines is 1. The minimum atomic E-state index is -3.84. The van der Waals surface area contributed by atoms with E-state index < -0.39 is 16.3 Å². The Balaban J connectivity index is 1.57. The zero-order valence-corrected chi connectivity index (χ0v) is 16.3. The molecule has 0 bridgehead atoms. The largest absolute Gasteiger partial charge is 0.506 e. The fourth-order valence-corrected chi connectivity index (χ4v) is 4.89. The minimum absolute atomic E-state index is 0.0438. The molecule has 29 heavy (non-hydrogen) atoms. The Labute approximate surface area is 169 Å². The summed E-state index contributed by atoms with van der Waals surface area (Å²) in [5, 5.41) is 10.4. The van der Waals surface area contributed by atoms with E-state index in [0.29, 0.717) is 12.7 Å². The highest BCUT2D eigenvalue weighted by molar-refractivity contribution is 7.91. The molecule has 0 aromatic heterocycles. The topological polar surface area (TPSA) is 86.7 Å². The van der Waals surface area contributed by atoms with Crippen molar-refractivity contribution >= 4 is 22.2 Å². The van der Waals surface area contributed by atoms with Crippen molar-refractivity contribution in [3.05, 3.63) is 83.9 Å². The zero-order valence-electron chi connectivity index (χ0n) is 15.5. The van der Waals surface area contributed by atoms with Crippen LogP contribution in [0.5, 0.6) is 5.75 Å². The van der Waals surface area contributed by atoms with Gasteiger partial charge in [0.25, 0.3) is 0 Å². The van der Waals surface area contributed by atoms with E-state index in [1.807, 2.05) is 36.4 Å². The summed E-state index contributed by atoms with van der Waals surface area (Å²) >= 11 is 0. The monoisotopic (exact) mass is 408 g/mol. The van der Waals surface area contributed by atoms with Crippen LogP contribution in [0.25, 0.3) is 11.1 Å². The molecule has 0 amide bonds. The molecule has 1 heterocycles. The molecule has 1 aliphatic heterocycles. The van der Waals surface area contributed by atoms with Gasteiger partial charge in [-0.1, -0.05) is 60.7 Å². The number of hydrogen-bond donors (Lipinski definition) is 2. The SMILES string of the molecule is O=CC1CN(c2ccc(Cc3cccc(-c4ccccc4)c3)cc2O)S(=O)(=O)N1. The average molecular weight is 408 g/mol. The smallest absolute Gasteiger partial charge is 0.302 e. The first-order valence-electron chi connectivity index (χ1n) is 9.18. The Hall–Kier alpha value is -3.16. The molecule has 2 N–H and O–H groups in total. The Morgan fingerprint density at radius 3 is 2.38 bits per heavy atom. The lowest BCUT2D eigenvalue weighted by atomic mass is 9.99. The first kappa shape index (κ1) is 19.2. The molecule has 4 rings (SSSR count). The number of carbonyl (C=O) groups excluding carboxylic acids is 1. The van der Waals surface area contributed by atoms with Crippen LogP contribution in [-0.2, 0) is 21.4 Å². The summed E-state index contributed by atoms with van der Waals surface area (Å²) in [6, 6.07) is 22.3. The number of phenolic OH excluding ortho intramolecular Hbond substituents is 1. The number of nitrogens with zero attached hydrogens (tertiary/aromatic N) is 1. The normalized spacial score (nSPS) is 17.9. The van der Waals surface area contributed by atoms with Gasteiger partial charge in [0.15, 0.2) is 0 Å². The van der Waals surface area contributed by atoms with Crippen molar-refractivity contribution in [1.29, 1.82) is 0 Å². The van der Waals surface area contributed by atoms with Gasteiger partial charge < -0.3 is 9.90 Å². The van der Waals surface area contributed by atoms with Crippen molar-refractivity contribution in [2.75, 3.05) is 10.8 Å². The molecule has 1 aliphatic rings. The lowest BCUT2D eigenvalue weighted by Crippen LogP contribution is -2.30. The van der Waals surface area contributed by atoms with Gasteiger partial charge in [-0.15, -0.1) is 0 Å². The van der Waals surface area contributed by atoms with Crippen LogP contribution in [0.3, 0.4) is 0 Å². The van der Waals surface area contributed by atoms with E-state index in [-0.39, 0.29) is 18.0 Å². The molecule has 3 aromatic carbocycles. The van der Waals surface area contributed by atoms with Crippen LogP contribution in [-0.4, -0.2) is 32.4 Å². The number of hydrogen-bond acceptors (Lipinski definition) is 4. The van der Waals surface area contributed by atoms with Gasteiger partial charge in [-0.3, -0.25) is 4.31 Å². The molecule has 6 nitrogen and oxygen atoms in total. The molecule has 3 aromatic rings. The maximum Gasteiger partial charge on any atom is 0.302 e. The van der Waals surface area contributed by atoms with E-state index in [1.165, 1.54) is 0 Å². The third-order valence-electron chi connectivity index (χ3n) is 4.87. The summed E-state index contributed by atoms with van der Waals surface area (Å²) in [7, 11) is -3.84. The van der Waals surface area contributed by atoms with E-state index in [2.05, 4.69) is 22.9 Å². The third-order valence-corrected chi connectivity index (χ3v) is 6.39. The van der Waals surface area contributed by atoms with Crippen molar-refractivity contribution in [3.8, 4) is 16.9 Å². The number of rotatable bonds is 5. The summed E-state index contributed by atoms with van der Waals surface area (Å²) in [6.07, 6.45) is 1.14. The number of aromatic hydroxyl groups is 1. The van der Waals surface area contributed by atoms with Crippen molar-refractivity contribution < 1.29 is 18.3 Å². The van der Waals surface area contributed by atoms with Crippen molar-refractivity contribution in [1.82, 2.24) is 4.72 Å². The average Bonchev–Trinajstić information content (AvgIpc) is 3.03. The Morgan fingerprint density at radius 1 is 0.966 bits per heavy atom. The maximum absolute atomic E-state index is 12.2. The highest BCUT2D eigenvalue weighted by Crippen LogP contribution is 2.32. The van der Waals surface area contributed by atoms with Crippen molar-refractivity contribution in [3.63, 3.8) is 0 Å². The quantitative estimate of drug-likeness (QED) is 0.636. The van der Waals surface area contributed by atoms with Gasteiger partial charge in [-0.2, -0.15) is 13.1 Å². The number of phenols is 1. The molecular weight excluding hydrogens is 388 g/mol. The third kappa shape index (κ3) is 4.01. The van der Waals surface area contributed by atoms with Crippen LogP contribution in [0.4, 0.5) is 5.69 Å².